The first kappa shape index (κ1) is 18.2. The molecule has 0 radical (unpaired) electrons. The molecule has 0 fully saturated rings. The molecule has 2 heteroatoms. The van der Waals surface area contributed by atoms with Gasteiger partial charge >= 0.3 is 0 Å². The minimum Gasteiger partial charge on any atom is -0.326 e. The summed E-state index contributed by atoms with van der Waals surface area (Å²) in [5, 5.41) is 3.09. The first-order valence-corrected chi connectivity index (χ1v) is 9.85. The van der Waals surface area contributed by atoms with Gasteiger partial charge in [0, 0.05) is 5.69 Å². The van der Waals surface area contributed by atoms with Crippen molar-refractivity contribution in [2.24, 2.45) is 0 Å². The van der Waals surface area contributed by atoms with E-state index in [9.17, 15) is 4.79 Å². The molecule has 3 aromatic carbocycles. The fourth-order valence-corrected chi connectivity index (χ4v) is 3.73. The summed E-state index contributed by atoms with van der Waals surface area (Å²) < 4.78 is 0. The average molecular weight is 367 g/mol. The van der Waals surface area contributed by atoms with Crippen LogP contribution in [0.1, 0.15) is 41.0 Å². The molecule has 1 aliphatic rings. The number of benzene rings is 3. The van der Waals surface area contributed by atoms with Crippen LogP contribution < -0.4 is 5.32 Å². The van der Waals surface area contributed by atoms with Crippen molar-refractivity contribution < 1.29 is 4.79 Å². The molecule has 1 aliphatic carbocycles. The Morgan fingerprint density at radius 2 is 1.50 bits per heavy atom. The molecule has 1 N–H and O–H groups in total. The Hall–Kier alpha value is -3.13. The maximum Gasteiger partial charge on any atom is 0.231 e. The van der Waals surface area contributed by atoms with E-state index >= 15 is 0 Å². The van der Waals surface area contributed by atoms with Gasteiger partial charge in [0.15, 0.2) is 0 Å². The number of nitrogens with one attached hydrogen (secondary N) is 1. The second-order valence-electron chi connectivity index (χ2n) is 7.60. The minimum atomic E-state index is -0.140. The van der Waals surface area contributed by atoms with Gasteiger partial charge in [0.25, 0.3) is 0 Å². The molecule has 28 heavy (non-hydrogen) atoms. The molecule has 1 amide bonds. The molecule has 0 saturated heterocycles. The number of carbonyl (C=O) groups excluding carboxylic acids is 1. The van der Waals surface area contributed by atoms with Crippen molar-refractivity contribution in [1.29, 1.82) is 0 Å². The third-order valence-electron chi connectivity index (χ3n) is 5.40. The van der Waals surface area contributed by atoms with Crippen molar-refractivity contribution in [1.82, 2.24) is 0 Å². The monoisotopic (exact) mass is 367 g/mol. The Kier molecular flexibility index (Phi) is 5.12. The molecule has 0 aliphatic heterocycles. The lowest BCUT2D eigenvalue weighted by atomic mass is 9.89. The van der Waals surface area contributed by atoms with Crippen LogP contribution in [-0.4, -0.2) is 5.91 Å². The third-order valence-corrected chi connectivity index (χ3v) is 5.40. The molecule has 0 spiro atoms. The maximum atomic E-state index is 13.0. The van der Waals surface area contributed by atoms with Crippen LogP contribution in [-0.2, 0) is 4.79 Å². The van der Waals surface area contributed by atoms with Crippen LogP contribution in [0.25, 0.3) is 17.2 Å². The molecule has 0 saturated carbocycles. The number of allylic oxidation sites excluding steroid dienone is 1. The topological polar surface area (TPSA) is 29.1 Å². The van der Waals surface area contributed by atoms with Gasteiger partial charge in [-0.1, -0.05) is 71.8 Å². The molecule has 140 valence electrons. The Balaban J connectivity index is 1.62. The summed E-state index contributed by atoms with van der Waals surface area (Å²) in [5.74, 6) is -0.0738. The highest BCUT2D eigenvalue weighted by Crippen LogP contribution is 2.33. The number of fused-ring (bicyclic) bond motifs is 1. The van der Waals surface area contributed by atoms with E-state index in [2.05, 4.69) is 66.9 Å². The predicted octanol–water partition coefficient (Wildman–Crippen LogP) is 6.50. The number of anilines is 1. The Bertz CT molecular complexity index is 1010. The molecule has 2 nitrogen and oxygen atoms in total. The van der Waals surface area contributed by atoms with Crippen molar-refractivity contribution in [2.45, 2.75) is 32.6 Å². The molecule has 1 atom stereocenters. The largest absolute Gasteiger partial charge is 0.326 e. The van der Waals surface area contributed by atoms with Crippen LogP contribution >= 0.6 is 0 Å². The molecule has 0 bridgehead atoms. The van der Waals surface area contributed by atoms with Gasteiger partial charge < -0.3 is 5.32 Å². The van der Waals surface area contributed by atoms with Gasteiger partial charge in [-0.05, 0) is 67.1 Å². The van der Waals surface area contributed by atoms with Gasteiger partial charge in [-0.3, -0.25) is 4.79 Å². The number of rotatable bonds is 3. The second-order valence-corrected chi connectivity index (χ2v) is 7.60. The van der Waals surface area contributed by atoms with Crippen LogP contribution in [0.5, 0.6) is 0 Å². The van der Waals surface area contributed by atoms with Crippen molar-refractivity contribution in [3.8, 4) is 11.1 Å². The lowest BCUT2D eigenvalue weighted by molar-refractivity contribution is -0.117. The van der Waals surface area contributed by atoms with E-state index in [0.29, 0.717) is 0 Å². The van der Waals surface area contributed by atoms with Gasteiger partial charge in [0.2, 0.25) is 5.91 Å². The minimum absolute atomic E-state index is 0.0666. The highest BCUT2D eigenvalue weighted by Gasteiger charge is 2.24. The summed E-state index contributed by atoms with van der Waals surface area (Å²) >= 11 is 0. The average Bonchev–Trinajstić information content (AvgIpc) is 2.92. The normalized spacial score (nSPS) is 15.6. The standard InChI is InChI=1S/C26H25NO/c1-18-7-11-20(12-8-18)21-13-16-24-22(17-21)5-3-4-6-25(24)26(28)27-23-14-9-19(2)10-15-23/h3,5,7-17,25H,4,6H2,1-2H3,(H,27,28). The Morgan fingerprint density at radius 1 is 0.857 bits per heavy atom. The summed E-state index contributed by atoms with van der Waals surface area (Å²) in [6.07, 6.45) is 6.06. The quantitative estimate of drug-likeness (QED) is 0.562. The van der Waals surface area contributed by atoms with Crippen molar-refractivity contribution in [2.75, 3.05) is 5.32 Å². The zero-order chi connectivity index (χ0) is 19.5. The van der Waals surface area contributed by atoms with Gasteiger partial charge in [-0.25, -0.2) is 0 Å². The zero-order valence-electron chi connectivity index (χ0n) is 16.4. The molecular weight excluding hydrogens is 342 g/mol. The van der Waals surface area contributed by atoms with Crippen LogP contribution in [0.4, 0.5) is 5.69 Å². The number of hydrogen-bond acceptors (Lipinski definition) is 1. The molecule has 1 unspecified atom stereocenters. The summed E-state index contributed by atoms with van der Waals surface area (Å²) in [6.45, 7) is 4.14. The predicted molar refractivity (Wildman–Crippen MR) is 117 cm³/mol. The number of amides is 1. The molecule has 3 aromatic rings. The number of hydrogen-bond donors (Lipinski definition) is 1. The zero-order valence-corrected chi connectivity index (χ0v) is 16.4. The van der Waals surface area contributed by atoms with E-state index in [4.69, 9.17) is 0 Å². The van der Waals surface area contributed by atoms with Gasteiger partial charge in [-0.2, -0.15) is 0 Å². The molecule has 0 heterocycles. The summed E-state index contributed by atoms with van der Waals surface area (Å²) in [7, 11) is 0. The first-order chi connectivity index (χ1) is 13.6. The smallest absolute Gasteiger partial charge is 0.231 e. The summed E-state index contributed by atoms with van der Waals surface area (Å²) in [5.41, 5.74) is 7.92. The van der Waals surface area contributed by atoms with Crippen molar-refractivity contribution in [3.05, 3.63) is 95.1 Å². The number of aryl methyl sites for hydroxylation is 2. The highest BCUT2D eigenvalue weighted by molar-refractivity contribution is 5.96. The lowest BCUT2D eigenvalue weighted by Gasteiger charge is -2.18. The van der Waals surface area contributed by atoms with E-state index < -0.39 is 0 Å². The van der Waals surface area contributed by atoms with E-state index in [0.717, 1.165) is 29.7 Å². The van der Waals surface area contributed by atoms with Crippen LogP contribution in [0.2, 0.25) is 0 Å². The molecule has 0 aromatic heterocycles. The van der Waals surface area contributed by atoms with E-state index in [1.807, 2.05) is 31.2 Å². The molecule has 4 rings (SSSR count). The Morgan fingerprint density at radius 3 is 2.21 bits per heavy atom. The van der Waals surface area contributed by atoms with Gasteiger partial charge in [0.05, 0.1) is 5.92 Å². The first-order valence-electron chi connectivity index (χ1n) is 9.85. The van der Waals surface area contributed by atoms with Crippen LogP contribution in [0.3, 0.4) is 0 Å². The lowest BCUT2D eigenvalue weighted by Crippen LogP contribution is -2.21. The summed E-state index contributed by atoms with van der Waals surface area (Å²) in [6, 6.07) is 23.0. The Labute approximate surface area is 166 Å². The van der Waals surface area contributed by atoms with E-state index in [1.165, 1.54) is 22.3 Å². The van der Waals surface area contributed by atoms with Gasteiger partial charge in [0.1, 0.15) is 0 Å². The second kappa shape index (κ2) is 7.85. The highest BCUT2D eigenvalue weighted by atomic mass is 16.1. The van der Waals surface area contributed by atoms with E-state index in [1.54, 1.807) is 0 Å². The fraction of sp³-hybridized carbons (Fsp3) is 0.192. The van der Waals surface area contributed by atoms with Gasteiger partial charge in [-0.15, -0.1) is 0 Å². The van der Waals surface area contributed by atoms with Crippen LogP contribution in [0, 0.1) is 13.8 Å². The fourth-order valence-electron chi connectivity index (χ4n) is 3.73. The summed E-state index contributed by atoms with van der Waals surface area (Å²) in [4.78, 5) is 13.0. The third kappa shape index (κ3) is 3.91. The van der Waals surface area contributed by atoms with Crippen molar-refractivity contribution >= 4 is 17.7 Å². The van der Waals surface area contributed by atoms with Crippen molar-refractivity contribution in [3.63, 3.8) is 0 Å². The van der Waals surface area contributed by atoms with Crippen LogP contribution in [0.15, 0.2) is 72.8 Å². The maximum absolute atomic E-state index is 13.0. The SMILES string of the molecule is Cc1ccc(NC(=O)C2CCC=Cc3cc(-c4ccc(C)cc4)ccc32)cc1. The molecular formula is C26H25NO. The van der Waals surface area contributed by atoms with E-state index in [-0.39, 0.29) is 11.8 Å². The number of carbonyl (C=O) groups is 1.